The van der Waals surface area contributed by atoms with E-state index in [0.29, 0.717) is 23.7 Å². The molecule has 8 heteroatoms. The van der Waals surface area contributed by atoms with E-state index in [9.17, 15) is 14.7 Å². The lowest BCUT2D eigenvalue weighted by molar-refractivity contribution is -0.144. The van der Waals surface area contributed by atoms with Gasteiger partial charge >= 0.3 is 5.97 Å². The Balaban J connectivity index is 1.87. The highest BCUT2D eigenvalue weighted by molar-refractivity contribution is 6.33. The van der Waals surface area contributed by atoms with Crippen molar-refractivity contribution in [2.45, 2.75) is 6.04 Å². The first-order chi connectivity index (χ1) is 11.5. The third-order valence-electron chi connectivity index (χ3n) is 4.17. The molecule has 2 heterocycles. The molecule has 0 saturated carbocycles. The highest BCUT2D eigenvalue weighted by atomic mass is 35.5. The van der Waals surface area contributed by atoms with Crippen molar-refractivity contribution >= 4 is 23.5 Å². The van der Waals surface area contributed by atoms with E-state index in [4.69, 9.17) is 11.6 Å². The Morgan fingerprint density at radius 2 is 2.12 bits per heavy atom. The van der Waals surface area contributed by atoms with E-state index < -0.39 is 12.0 Å². The van der Waals surface area contributed by atoms with Gasteiger partial charge in [0.25, 0.3) is 5.91 Å². The first kappa shape index (κ1) is 16.5. The molecular formula is C16H17ClN4O3. The number of carbonyl (C=O) groups is 2. The minimum atomic E-state index is -0.939. The van der Waals surface area contributed by atoms with Gasteiger partial charge in [0.05, 0.1) is 16.3 Å². The average Bonchev–Trinajstić information content (AvgIpc) is 3.09. The van der Waals surface area contributed by atoms with Gasteiger partial charge in [-0.15, -0.1) is 0 Å². The van der Waals surface area contributed by atoms with Crippen molar-refractivity contribution in [1.29, 1.82) is 0 Å². The number of rotatable bonds is 3. The van der Waals surface area contributed by atoms with Crippen LogP contribution in [0.25, 0.3) is 5.69 Å². The van der Waals surface area contributed by atoms with Crippen molar-refractivity contribution < 1.29 is 14.7 Å². The number of piperazine rings is 1. The fraction of sp³-hybridized carbons (Fsp3) is 0.312. The second-order valence-corrected chi connectivity index (χ2v) is 6.11. The van der Waals surface area contributed by atoms with Gasteiger partial charge in [0, 0.05) is 32.0 Å². The zero-order chi connectivity index (χ0) is 17.3. The van der Waals surface area contributed by atoms with E-state index in [0.717, 1.165) is 5.69 Å². The molecule has 0 spiro atoms. The summed E-state index contributed by atoms with van der Waals surface area (Å²) in [7, 11) is 1.74. The minimum Gasteiger partial charge on any atom is -0.480 e. The maximum atomic E-state index is 12.8. The molecule has 1 aliphatic heterocycles. The summed E-state index contributed by atoms with van der Waals surface area (Å²) in [5.41, 5.74) is 1.06. The Bertz CT molecular complexity index is 763. The minimum absolute atomic E-state index is 0.132. The van der Waals surface area contributed by atoms with Crippen LogP contribution in [0.4, 0.5) is 0 Å². The molecule has 1 amide bonds. The molecule has 1 aliphatic rings. The lowest BCUT2D eigenvalue weighted by Gasteiger charge is -2.37. The van der Waals surface area contributed by atoms with Crippen molar-refractivity contribution in [3.8, 4) is 5.69 Å². The van der Waals surface area contributed by atoms with Crippen LogP contribution < -0.4 is 0 Å². The standard InChI is InChI=1S/C16H17ClN4O3/c1-19-7-8-20(10-14(19)16(23)24)15(22)12-9-11(3-4-13(12)17)21-6-2-5-18-21/h2-6,9,14H,7-8,10H2,1H3,(H,23,24)/t14-/m0/s1. The molecule has 0 radical (unpaired) electrons. The largest absolute Gasteiger partial charge is 0.480 e. The number of likely N-dealkylation sites (N-methyl/N-ethyl adjacent to an activating group) is 1. The molecule has 7 nitrogen and oxygen atoms in total. The number of hydrogen-bond donors (Lipinski definition) is 1. The number of carboxylic acids is 1. The van der Waals surface area contributed by atoms with Crippen LogP contribution in [-0.4, -0.2) is 69.3 Å². The number of aromatic nitrogens is 2. The lowest BCUT2D eigenvalue weighted by atomic mass is 10.1. The van der Waals surface area contributed by atoms with Crippen LogP contribution in [0.1, 0.15) is 10.4 Å². The maximum absolute atomic E-state index is 12.8. The SMILES string of the molecule is CN1CCN(C(=O)c2cc(-n3cccn3)ccc2Cl)C[C@H]1C(=O)O. The summed E-state index contributed by atoms with van der Waals surface area (Å²) in [6.07, 6.45) is 3.42. The van der Waals surface area contributed by atoms with Crippen molar-refractivity contribution in [1.82, 2.24) is 19.6 Å². The number of hydrogen-bond acceptors (Lipinski definition) is 4. The van der Waals surface area contributed by atoms with E-state index in [2.05, 4.69) is 5.10 Å². The number of benzene rings is 1. The average molecular weight is 349 g/mol. The first-order valence-electron chi connectivity index (χ1n) is 7.49. The summed E-state index contributed by atoms with van der Waals surface area (Å²) < 4.78 is 1.64. The first-order valence-corrected chi connectivity index (χ1v) is 7.87. The zero-order valence-corrected chi connectivity index (χ0v) is 13.8. The zero-order valence-electron chi connectivity index (χ0n) is 13.1. The highest BCUT2D eigenvalue weighted by Gasteiger charge is 2.33. The van der Waals surface area contributed by atoms with Gasteiger partial charge in [-0.3, -0.25) is 14.5 Å². The van der Waals surface area contributed by atoms with Crippen LogP contribution in [0.5, 0.6) is 0 Å². The predicted octanol–water partition coefficient (Wildman–Crippen LogP) is 1.37. The Hall–Kier alpha value is -2.38. The maximum Gasteiger partial charge on any atom is 0.322 e. The normalized spacial score (nSPS) is 18.6. The molecule has 3 rings (SSSR count). The molecule has 1 atom stereocenters. The molecule has 0 bridgehead atoms. The molecule has 1 aromatic heterocycles. The molecular weight excluding hydrogens is 332 g/mol. The molecule has 1 saturated heterocycles. The van der Waals surface area contributed by atoms with Gasteiger partial charge in [0.2, 0.25) is 0 Å². The summed E-state index contributed by atoms with van der Waals surface area (Å²) in [6, 6.07) is 6.17. The van der Waals surface area contributed by atoms with Gasteiger partial charge in [-0.1, -0.05) is 11.6 Å². The predicted molar refractivity (Wildman–Crippen MR) is 88.5 cm³/mol. The van der Waals surface area contributed by atoms with E-state index in [1.807, 2.05) is 0 Å². The van der Waals surface area contributed by atoms with Crippen molar-refractivity contribution in [3.05, 3.63) is 47.2 Å². The number of aliphatic carboxylic acids is 1. The van der Waals surface area contributed by atoms with Crippen LogP contribution in [0.2, 0.25) is 5.02 Å². The van der Waals surface area contributed by atoms with Crippen LogP contribution >= 0.6 is 11.6 Å². The summed E-state index contributed by atoms with van der Waals surface area (Å²) in [4.78, 5) is 27.4. The third kappa shape index (κ3) is 3.13. The molecule has 1 fully saturated rings. The Labute approximate surface area is 144 Å². The van der Waals surface area contributed by atoms with Crippen LogP contribution in [-0.2, 0) is 4.79 Å². The lowest BCUT2D eigenvalue weighted by Crippen LogP contribution is -2.56. The third-order valence-corrected chi connectivity index (χ3v) is 4.50. The summed E-state index contributed by atoms with van der Waals surface area (Å²) in [5.74, 6) is -1.21. The van der Waals surface area contributed by atoms with Crippen molar-refractivity contribution in [3.63, 3.8) is 0 Å². The smallest absolute Gasteiger partial charge is 0.322 e. The Morgan fingerprint density at radius 3 is 2.79 bits per heavy atom. The van der Waals surface area contributed by atoms with Crippen molar-refractivity contribution in [2.24, 2.45) is 0 Å². The van der Waals surface area contributed by atoms with E-state index in [1.54, 1.807) is 53.3 Å². The molecule has 1 N–H and O–H groups in total. The van der Waals surface area contributed by atoms with Crippen LogP contribution in [0.3, 0.4) is 0 Å². The fourth-order valence-corrected chi connectivity index (χ4v) is 2.93. The van der Waals surface area contributed by atoms with Gasteiger partial charge in [-0.05, 0) is 31.3 Å². The number of carbonyl (C=O) groups excluding carboxylic acids is 1. The molecule has 1 aromatic carbocycles. The van der Waals surface area contributed by atoms with Gasteiger partial charge in [-0.2, -0.15) is 5.10 Å². The summed E-state index contributed by atoms with van der Waals surface area (Å²) >= 11 is 6.20. The Morgan fingerprint density at radius 1 is 1.33 bits per heavy atom. The molecule has 126 valence electrons. The van der Waals surface area contributed by atoms with Crippen LogP contribution in [0, 0.1) is 0 Å². The Kier molecular flexibility index (Phi) is 4.55. The number of nitrogens with zero attached hydrogens (tertiary/aromatic N) is 4. The van der Waals surface area contributed by atoms with E-state index in [-0.39, 0.29) is 12.5 Å². The summed E-state index contributed by atoms with van der Waals surface area (Å²) in [6.45, 7) is 1.09. The van der Waals surface area contributed by atoms with Gasteiger partial charge in [0.1, 0.15) is 6.04 Å². The number of halogens is 1. The van der Waals surface area contributed by atoms with Gasteiger partial charge in [0.15, 0.2) is 0 Å². The van der Waals surface area contributed by atoms with Gasteiger partial charge in [-0.25, -0.2) is 4.68 Å². The summed E-state index contributed by atoms with van der Waals surface area (Å²) in [5, 5.41) is 13.8. The molecule has 0 unspecified atom stereocenters. The van der Waals surface area contributed by atoms with E-state index >= 15 is 0 Å². The number of amides is 1. The topological polar surface area (TPSA) is 78.7 Å². The van der Waals surface area contributed by atoms with Crippen molar-refractivity contribution in [2.75, 3.05) is 26.7 Å². The number of carboxylic acid groups (broad SMARTS) is 1. The second-order valence-electron chi connectivity index (χ2n) is 5.70. The monoisotopic (exact) mass is 348 g/mol. The molecule has 0 aliphatic carbocycles. The van der Waals surface area contributed by atoms with E-state index in [1.165, 1.54) is 4.90 Å². The van der Waals surface area contributed by atoms with Crippen LogP contribution in [0.15, 0.2) is 36.7 Å². The molecule has 2 aromatic rings. The second kappa shape index (κ2) is 6.62. The van der Waals surface area contributed by atoms with Gasteiger partial charge < -0.3 is 10.0 Å². The molecule has 24 heavy (non-hydrogen) atoms. The quantitative estimate of drug-likeness (QED) is 0.906. The fourth-order valence-electron chi connectivity index (χ4n) is 2.74. The highest BCUT2D eigenvalue weighted by Crippen LogP contribution is 2.22.